The van der Waals surface area contributed by atoms with Crippen molar-refractivity contribution in [1.29, 1.82) is 0 Å². The molecule has 1 aliphatic heterocycles. The van der Waals surface area contributed by atoms with Gasteiger partial charge in [0.05, 0.1) is 19.9 Å². The Morgan fingerprint density at radius 1 is 0.875 bits per heavy atom. The van der Waals surface area contributed by atoms with Gasteiger partial charge in [0.2, 0.25) is 0 Å². The molecule has 3 aromatic carbocycles. The third kappa shape index (κ3) is 5.74. The predicted octanol–water partition coefficient (Wildman–Crippen LogP) is 6.64. The summed E-state index contributed by atoms with van der Waals surface area (Å²) in [4.78, 5) is 6.22. The molecule has 0 spiro atoms. The van der Waals surface area contributed by atoms with E-state index >= 15 is 0 Å². The summed E-state index contributed by atoms with van der Waals surface area (Å²) in [6, 6.07) is 27.4. The number of ether oxygens (including phenoxy) is 2. The third-order valence-electron chi connectivity index (χ3n) is 7.72. The fourth-order valence-electron chi connectivity index (χ4n) is 5.54. The highest BCUT2D eigenvalue weighted by Gasteiger charge is 2.28. The van der Waals surface area contributed by atoms with E-state index in [1.807, 2.05) is 12.1 Å². The maximum absolute atomic E-state index is 13.7. The molecule has 0 aliphatic carbocycles. The van der Waals surface area contributed by atoms with Gasteiger partial charge >= 0.3 is 0 Å². The van der Waals surface area contributed by atoms with E-state index in [1.54, 1.807) is 50.6 Å². The summed E-state index contributed by atoms with van der Waals surface area (Å²) in [7, 11) is 0.732. The van der Waals surface area contributed by atoms with E-state index in [2.05, 4.69) is 46.3 Å². The van der Waals surface area contributed by atoms with E-state index in [0.717, 1.165) is 30.9 Å². The second-order valence-electron chi connectivity index (χ2n) is 10.2. The highest BCUT2D eigenvalue weighted by atomic mass is 32.2. The van der Waals surface area contributed by atoms with Gasteiger partial charge in [0.15, 0.2) is 0 Å². The number of rotatable bonds is 9. The molecule has 1 fully saturated rings. The van der Waals surface area contributed by atoms with Crippen molar-refractivity contribution in [2.75, 3.05) is 32.1 Å². The van der Waals surface area contributed by atoms with Gasteiger partial charge in [-0.2, -0.15) is 0 Å². The maximum Gasteiger partial charge on any atom is 0.267 e. The van der Waals surface area contributed by atoms with Crippen molar-refractivity contribution in [2.45, 2.75) is 43.2 Å². The van der Waals surface area contributed by atoms with E-state index < -0.39 is 10.0 Å². The molecule has 40 heavy (non-hydrogen) atoms. The van der Waals surface area contributed by atoms with E-state index in [9.17, 15) is 8.42 Å². The lowest BCUT2D eigenvalue weighted by molar-refractivity contribution is 0.190. The van der Waals surface area contributed by atoms with Crippen molar-refractivity contribution >= 4 is 15.7 Å². The van der Waals surface area contributed by atoms with E-state index in [0.29, 0.717) is 28.8 Å². The van der Waals surface area contributed by atoms with Crippen molar-refractivity contribution < 1.29 is 17.9 Å². The normalized spacial score (nSPS) is 16.3. The van der Waals surface area contributed by atoms with Gasteiger partial charge in [-0.15, -0.1) is 0 Å². The number of aromatic amines is 1. The van der Waals surface area contributed by atoms with Crippen LogP contribution >= 0.6 is 0 Å². The molecule has 0 radical (unpaired) electrons. The Labute approximate surface area is 237 Å². The van der Waals surface area contributed by atoms with Gasteiger partial charge in [-0.25, -0.2) is 8.42 Å². The summed E-state index contributed by atoms with van der Waals surface area (Å²) < 4.78 is 39.6. The number of methoxy groups -OCH3 is 2. The fourth-order valence-corrected chi connectivity index (χ4v) is 6.91. The Morgan fingerprint density at radius 2 is 1.65 bits per heavy atom. The highest BCUT2D eigenvalue weighted by Crippen LogP contribution is 2.38. The monoisotopic (exact) mass is 559 g/mol. The molecule has 0 saturated carbocycles. The number of benzene rings is 3. The molecule has 8 heteroatoms. The lowest BCUT2D eigenvalue weighted by atomic mass is 10.0. The van der Waals surface area contributed by atoms with Gasteiger partial charge in [-0.05, 0) is 73.5 Å². The molecule has 1 aromatic heterocycles. The average Bonchev–Trinajstić information content (AvgIpc) is 3.34. The average molecular weight is 560 g/mol. The first-order valence-corrected chi connectivity index (χ1v) is 15.1. The Morgan fingerprint density at radius 3 is 2.38 bits per heavy atom. The molecule has 7 nitrogen and oxygen atoms in total. The molecule has 4 aromatic rings. The molecular weight excluding hydrogens is 522 g/mol. The summed E-state index contributed by atoms with van der Waals surface area (Å²) in [5.74, 6) is 0.972. The molecule has 1 saturated heterocycles. The summed E-state index contributed by atoms with van der Waals surface area (Å²) in [5.41, 5.74) is 4.50. The summed E-state index contributed by atoms with van der Waals surface area (Å²) in [5, 5.41) is 0. The van der Waals surface area contributed by atoms with Crippen LogP contribution in [0.25, 0.3) is 11.3 Å². The zero-order valence-corrected chi connectivity index (χ0v) is 24.2. The van der Waals surface area contributed by atoms with E-state index in [1.165, 1.54) is 36.2 Å². The minimum absolute atomic E-state index is 0.110. The van der Waals surface area contributed by atoms with Crippen LogP contribution in [0.3, 0.4) is 0 Å². The van der Waals surface area contributed by atoms with Gasteiger partial charge < -0.3 is 14.5 Å². The van der Waals surface area contributed by atoms with E-state index in [-0.39, 0.29) is 4.90 Å². The van der Waals surface area contributed by atoms with Crippen molar-refractivity contribution in [3.63, 3.8) is 0 Å². The Kier molecular flexibility index (Phi) is 8.47. The maximum atomic E-state index is 13.7. The summed E-state index contributed by atoms with van der Waals surface area (Å²) >= 11 is 0. The molecule has 2 heterocycles. The zero-order chi connectivity index (χ0) is 28.1. The van der Waals surface area contributed by atoms with Crippen molar-refractivity contribution in [3.8, 4) is 22.8 Å². The topological polar surface area (TPSA) is 74.9 Å². The lowest BCUT2D eigenvalue weighted by Gasteiger charge is -2.30. The minimum Gasteiger partial charge on any atom is -0.497 e. The van der Waals surface area contributed by atoms with Crippen LogP contribution in [0.2, 0.25) is 0 Å². The molecular formula is C32H37N3O4S. The van der Waals surface area contributed by atoms with Crippen molar-refractivity contribution in [1.82, 2.24) is 9.88 Å². The van der Waals surface area contributed by atoms with Crippen LogP contribution in [0.15, 0.2) is 89.8 Å². The van der Waals surface area contributed by atoms with Gasteiger partial charge in [0.25, 0.3) is 10.0 Å². The van der Waals surface area contributed by atoms with Gasteiger partial charge in [-0.1, -0.05) is 49.2 Å². The standard InChI is InChI=1S/C32H37N3O4S/c1-34(26-17-19-27(38-2)20-18-26)40(36,37)31-15-10-13-28(32(31)39-3)29-21-16-25(33-29)23-35-22-9-5-8-14-30(35)24-11-6-4-7-12-24/h4,6-7,10-13,15-21,30,33H,5,8-9,14,22-23H2,1-3H3/t30-/m1/s1. The number of para-hydroxylation sites is 1. The smallest absolute Gasteiger partial charge is 0.267 e. The van der Waals surface area contributed by atoms with Crippen LogP contribution in [0.5, 0.6) is 11.5 Å². The van der Waals surface area contributed by atoms with Crippen molar-refractivity contribution in [3.05, 3.63) is 96.2 Å². The van der Waals surface area contributed by atoms with Crippen LogP contribution < -0.4 is 13.8 Å². The number of aromatic nitrogens is 1. The summed E-state index contributed by atoms with van der Waals surface area (Å²) in [6.07, 6.45) is 4.81. The van der Waals surface area contributed by atoms with Crippen LogP contribution in [0, 0.1) is 0 Å². The third-order valence-corrected chi connectivity index (χ3v) is 9.52. The number of hydrogen-bond donors (Lipinski definition) is 1. The van der Waals surface area contributed by atoms with Crippen LogP contribution in [-0.2, 0) is 16.6 Å². The first-order chi connectivity index (χ1) is 19.4. The van der Waals surface area contributed by atoms with Gasteiger partial charge in [0.1, 0.15) is 16.4 Å². The molecule has 0 unspecified atom stereocenters. The first kappa shape index (κ1) is 27.8. The number of sulfonamides is 1. The van der Waals surface area contributed by atoms with Crippen LogP contribution in [0.4, 0.5) is 5.69 Å². The Bertz CT molecular complexity index is 1520. The predicted molar refractivity (Wildman–Crippen MR) is 159 cm³/mol. The largest absolute Gasteiger partial charge is 0.497 e. The molecule has 1 aliphatic rings. The summed E-state index contributed by atoms with van der Waals surface area (Å²) in [6.45, 7) is 1.84. The number of H-pyrrole nitrogens is 1. The molecule has 0 bridgehead atoms. The minimum atomic E-state index is -3.90. The number of hydrogen-bond acceptors (Lipinski definition) is 5. The Hall–Kier alpha value is -3.75. The fraction of sp³-hybridized carbons (Fsp3) is 0.312. The highest BCUT2D eigenvalue weighted by molar-refractivity contribution is 7.93. The number of likely N-dealkylation sites (tertiary alicyclic amines) is 1. The second kappa shape index (κ2) is 12.2. The van der Waals surface area contributed by atoms with Gasteiger partial charge in [-0.3, -0.25) is 9.21 Å². The number of nitrogens with zero attached hydrogens (tertiary/aromatic N) is 2. The van der Waals surface area contributed by atoms with E-state index in [4.69, 9.17) is 9.47 Å². The Balaban J connectivity index is 1.42. The lowest BCUT2D eigenvalue weighted by Crippen LogP contribution is -2.28. The zero-order valence-electron chi connectivity index (χ0n) is 23.3. The molecule has 5 rings (SSSR count). The quantitative estimate of drug-likeness (QED) is 0.249. The number of anilines is 1. The van der Waals surface area contributed by atoms with Gasteiger partial charge in [0, 0.05) is 36.6 Å². The number of nitrogens with one attached hydrogen (secondary N) is 1. The molecule has 210 valence electrons. The molecule has 0 amide bonds. The molecule has 1 atom stereocenters. The first-order valence-electron chi connectivity index (χ1n) is 13.7. The van der Waals surface area contributed by atoms with Crippen LogP contribution in [0.1, 0.15) is 43.0 Å². The molecule has 1 N–H and O–H groups in total. The SMILES string of the molecule is COc1ccc(N(C)S(=O)(=O)c2cccc(-c3ccc(CN4CCCCC[C@@H]4c4ccccc4)[nH]3)c2OC)cc1. The van der Waals surface area contributed by atoms with Crippen molar-refractivity contribution in [2.24, 2.45) is 0 Å². The van der Waals surface area contributed by atoms with Crippen LogP contribution in [-0.4, -0.2) is 46.1 Å². The second-order valence-corrected chi connectivity index (χ2v) is 12.1.